The van der Waals surface area contributed by atoms with Crippen LogP contribution in [0.4, 0.5) is 10.5 Å². The highest BCUT2D eigenvalue weighted by molar-refractivity contribution is 5.68. The SMILES string of the molecule is CC(C)(C)OC(=O)N1CCC(Oc2ccc(N)cc2O)CC1. The molecule has 0 unspecified atom stereocenters. The van der Waals surface area contributed by atoms with Crippen LogP contribution in [0.2, 0.25) is 0 Å². The van der Waals surface area contributed by atoms with E-state index >= 15 is 0 Å². The number of phenolic OH excluding ortho intramolecular Hbond substituents is 1. The molecular formula is C16H24N2O4. The minimum Gasteiger partial charge on any atom is -0.504 e. The number of carbonyl (C=O) groups excluding carboxylic acids is 1. The molecule has 6 nitrogen and oxygen atoms in total. The summed E-state index contributed by atoms with van der Waals surface area (Å²) in [5, 5.41) is 9.80. The molecule has 2 rings (SSSR count). The minimum absolute atomic E-state index is 0.0341. The van der Waals surface area contributed by atoms with Crippen molar-refractivity contribution >= 4 is 11.8 Å². The number of hydrogen-bond donors (Lipinski definition) is 2. The number of aromatic hydroxyl groups is 1. The second-order valence-electron chi connectivity index (χ2n) is 6.51. The van der Waals surface area contributed by atoms with Crippen molar-refractivity contribution in [3.63, 3.8) is 0 Å². The van der Waals surface area contributed by atoms with Crippen LogP contribution in [-0.2, 0) is 4.74 Å². The third-order valence-corrected chi connectivity index (χ3v) is 3.37. The van der Waals surface area contributed by atoms with Gasteiger partial charge in [0.15, 0.2) is 11.5 Å². The van der Waals surface area contributed by atoms with Crippen LogP contribution < -0.4 is 10.5 Å². The summed E-state index contributed by atoms with van der Waals surface area (Å²) in [4.78, 5) is 13.7. The van der Waals surface area contributed by atoms with E-state index in [1.165, 1.54) is 6.07 Å². The maximum atomic E-state index is 12.0. The number of ether oxygens (including phenoxy) is 2. The molecule has 0 atom stereocenters. The molecule has 0 radical (unpaired) electrons. The summed E-state index contributed by atoms with van der Waals surface area (Å²) >= 11 is 0. The molecule has 1 aliphatic heterocycles. The summed E-state index contributed by atoms with van der Waals surface area (Å²) in [5.41, 5.74) is 5.59. The number of phenols is 1. The van der Waals surface area contributed by atoms with Gasteiger partial charge < -0.3 is 25.2 Å². The van der Waals surface area contributed by atoms with Crippen LogP contribution in [0.15, 0.2) is 18.2 Å². The molecule has 1 heterocycles. The molecular weight excluding hydrogens is 284 g/mol. The molecule has 1 aromatic rings. The highest BCUT2D eigenvalue weighted by Gasteiger charge is 2.27. The van der Waals surface area contributed by atoms with Gasteiger partial charge in [-0.25, -0.2) is 4.79 Å². The topological polar surface area (TPSA) is 85.0 Å². The molecule has 1 aromatic carbocycles. The van der Waals surface area contributed by atoms with E-state index in [1.807, 2.05) is 20.8 Å². The van der Waals surface area contributed by atoms with Crippen LogP contribution in [0.3, 0.4) is 0 Å². The Hall–Kier alpha value is -2.11. The van der Waals surface area contributed by atoms with Crippen molar-refractivity contribution in [1.82, 2.24) is 4.90 Å². The first-order chi connectivity index (χ1) is 10.2. The normalized spacial score (nSPS) is 16.4. The Morgan fingerprint density at radius 3 is 2.50 bits per heavy atom. The summed E-state index contributed by atoms with van der Waals surface area (Å²) in [6.45, 7) is 6.71. The third-order valence-electron chi connectivity index (χ3n) is 3.37. The zero-order valence-electron chi connectivity index (χ0n) is 13.3. The summed E-state index contributed by atoms with van der Waals surface area (Å²) in [7, 11) is 0. The number of amides is 1. The Morgan fingerprint density at radius 2 is 1.95 bits per heavy atom. The molecule has 0 bridgehead atoms. The van der Waals surface area contributed by atoms with Crippen molar-refractivity contribution in [2.75, 3.05) is 18.8 Å². The molecule has 1 amide bonds. The first-order valence-electron chi connectivity index (χ1n) is 7.48. The lowest BCUT2D eigenvalue weighted by atomic mass is 10.1. The molecule has 1 fully saturated rings. The largest absolute Gasteiger partial charge is 0.504 e. The Morgan fingerprint density at radius 1 is 1.32 bits per heavy atom. The van der Waals surface area contributed by atoms with Gasteiger partial charge in [-0.1, -0.05) is 0 Å². The van der Waals surface area contributed by atoms with E-state index in [0.717, 1.165) is 0 Å². The fourth-order valence-electron chi connectivity index (χ4n) is 2.30. The molecule has 0 aliphatic carbocycles. The van der Waals surface area contributed by atoms with Crippen LogP contribution in [0.5, 0.6) is 11.5 Å². The van der Waals surface area contributed by atoms with E-state index in [1.54, 1.807) is 17.0 Å². The van der Waals surface area contributed by atoms with Crippen LogP contribution >= 0.6 is 0 Å². The molecule has 3 N–H and O–H groups in total. The average Bonchev–Trinajstić information content (AvgIpc) is 2.41. The van der Waals surface area contributed by atoms with Gasteiger partial charge in [0.1, 0.15) is 11.7 Å². The van der Waals surface area contributed by atoms with Gasteiger partial charge in [-0.2, -0.15) is 0 Å². The lowest BCUT2D eigenvalue weighted by molar-refractivity contribution is 0.0124. The maximum Gasteiger partial charge on any atom is 0.410 e. The van der Waals surface area contributed by atoms with Crippen LogP contribution in [0.25, 0.3) is 0 Å². The Labute approximate surface area is 130 Å². The van der Waals surface area contributed by atoms with Gasteiger partial charge in [-0.3, -0.25) is 0 Å². The fraction of sp³-hybridized carbons (Fsp3) is 0.562. The number of piperidine rings is 1. The zero-order chi connectivity index (χ0) is 16.3. The maximum absolute atomic E-state index is 12.0. The second kappa shape index (κ2) is 6.34. The van der Waals surface area contributed by atoms with Gasteiger partial charge in [0, 0.05) is 37.7 Å². The van der Waals surface area contributed by atoms with Crippen molar-refractivity contribution in [1.29, 1.82) is 0 Å². The Bertz CT molecular complexity index is 531. The van der Waals surface area contributed by atoms with E-state index < -0.39 is 5.60 Å². The summed E-state index contributed by atoms with van der Waals surface area (Å²) in [6.07, 6.45) is 1.07. The monoisotopic (exact) mass is 308 g/mol. The van der Waals surface area contributed by atoms with Gasteiger partial charge in [0.25, 0.3) is 0 Å². The third kappa shape index (κ3) is 4.44. The number of benzene rings is 1. The summed E-state index contributed by atoms with van der Waals surface area (Å²) in [5.74, 6) is 0.458. The number of hydrogen-bond acceptors (Lipinski definition) is 5. The molecule has 6 heteroatoms. The first-order valence-corrected chi connectivity index (χ1v) is 7.48. The van der Waals surface area contributed by atoms with Crippen molar-refractivity contribution in [2.24, 2.45) is 0 Å². The molecule has 0 aromatic heterocycles. The number of rotatable bonds is 2. The number of nitrogens with two attached hydrogens (primary N) is 1. The molecule has 22 heavy (non-hydrogen) atoms. The van der Waals surface area contributed by atoms with E-state index in [2.05, 4.69) is 0 Å². The van der Waals surface area contributed by atoms with E-state index in [4.69, 9.17) is 15.2 Å². The number of likely N-dealkylation sites (tertiary alicyclic amines) is 1. The van der Waals surface area contributed by atoms with Crippen molar-refractivity contribution in [2.45, 2.75) is 45.3 Å². The Kier molecular flexibility index (Phi) is 4.68. The van der Waals surface area contributed by atoms with E-state index in [0.29, 0.717) is 37.4 Å². The fourth-order valence-corrected chi connectivity index (χ4v) is 2.30. The van der Waals surface area contributed by atoms with E-state index in [-0.39, 0.29) is 17.9 Å². The zero-order valence-corrected chi connectivity index (χ0v) is 13.3. The highest BCUT2D eigenvalue weighted by atomic mass is 16.6. The average molecular weight is 308 g/mol. The summed E-state index contributed by atoms with van der Waals surface area (Å²) < 4.78 is 11.1. The van der Waals surface area contributed by atoms with Gasteiger partial charge in [0.2, 0.25) is 0 Å². The van der Waals surface area contributed by atoms with Crippen molar-refractivity contribution in [3.05, 3.63) is 18.2 Å². The van der Waals surface area contributed by atoms with Crippen LogP contribution in [0, 0.1) is 0 Å². The summed E-state index contributed by atoms with van der Waals surface area (Å²) in [6, 6.07) is 4.81. The Balaban J connectivity index is 1.86. The number of carbonyl (C=O) groups is 1. The second-order valence-corrected chi connectivity index (χ2v) is 6.51. The smallest absolute Gasteiger partial charge is 0.410 e. The molecule has 1 aliphatic rings. The molecule has 0 saturated carbocycles. The van der Waals surface area contributed by atoms with Crippen LogP contribution in [-0.4, -0.2) is 40.9 Å². The predicted molar refractivity (Wildman–Crippen MR) is 84.0 cm³/mol. The van der Waals surface area contributed by atoms with Gasteiger partial charge in [-0.05, 0) is 32.9 Å². The minimum atomic E-state index is -0.486. The van der Waals surface area contributed by atoms with E-state index in [9.17, 15) is 9.90 Å². The number of nitrogen functional groups attached to an aromatic ring is 1. The molecule has 122 valence electrons. The van der Waals surface area contributed by atoms with Gasteiger partial charge in [-0.15, -0.1) is 0 Å². The number of anilines is 1. The number of nitrogens with zero attached hydrogens (tertiary/aromatic N) is 1. The molecule has 0 spiro atoms. The van der Waals surface area contributed by atoms with Crippen molar-refractivity contribution in [3.8, 4) is 11.5 Å². The first kappa shape index (κ1) is 16.3. The van der Waals surface area contributed by atoms with Gasteiger partial charge in [0.05, 0.1) is 0 Å². The van der Waals surface area contributed by atoms with Gasteiger partial charge >= 0.3 is 6.09 Å². The highest BCUT2D eigenvalue weighted by Crippen LogP contribution is 2.30. The predicted octanol–water partition coefficient (Wildman–Crippen LogP) is 2.75. The lowest BCUT2D eigenvalue weighted by Crippen LogP contribution is -2.44. The van der Waals surface area contributed by atoms with Crippen molar-refractivity contribution < 1.29 is 19.4 Å². The lowest BCUT2D eigenvalue weighted by Gasteiger charge is -2.33. The standard InChI is InChI=1S/C16H24N2O4/c1-16(2,3)22-15(20)18-8-6-12(7-9-18)21-14-5-4-11(17)10-13(14)19/h4-5,10,12,19H,6-9,17H2,1-3H3. The quantitative estimate of drug-likeness (QED) is 0.821. The molecule has 1 saturated heterocycles. The van der Waals surface area contributed by atoms with Crippen LogP contribution in [0.1, 0.15) is 33.6 Å².